The molecule has 0 aliphatic heterocycles. The standard InChI is InChI=1S/C17H23N3O2S/c1-5-6-20-14(4)18-19-17(20)23-11-15(21)10-22-16-8-12(2)7-13(3)9-16/h5,7-9,15,21H,1,6,10-11H2,2-4H3. The maximum Gasteiger partial charge on any atom is 0.191 e. The number of aliphatic hydroxyl groups is 1. The molecule has 1 heterocycles. The molecular weight excluding hydrogens is 310 g/mol. The van der Waals surface area contributed by atoms with Crippen LogP contribution >= 0.6 is 11.8 Å². The number of ether oxygens (including phenoxy) is 1. The van der Waals surface area contributed by atoms with E-state index in [9.17, 15) is 5.11 Å². The summed E-state index contributed by atoms with van der Waals surface area (Å²) in [5.41, 5.74) is 2.30. The largest absolute Gasteiger partial charge is 0.491 e. The Morgan fingerprint density at radius 3 is 2.61 bits per heavy atom. The van der Waals surface area contributed by atoms with E-state index in [1.807, 2.05) is 37.5 Å². The molecule has 0 saturated carbocycles. The van der Waals surface area contributed by atoms with Gasteiger partial charge in [0, 0.05) is 12.3 Å². The van der Waals surface area contributed by atoms with Crippen molar-refractivity contribution in [2.24, 2.45) is 0 Å². The van der Waals surface area contributed by atoms with Gasteiger partial charge in [-0.05, 0) is 44.0 Å². The van der Waals surface area contributed by atoms with Crippen LogP contribution < -0.4 is 4.74 Å². The van der Waals surface area contributed by atoms with E-state index >= 15 is 0 Å². The monoisotopic (exact) mass is 333 g/mol. The summed E-state index contributed by atoms with van der Waals surface area (Å²) in [4.78, 5) is 0. The highest BCUT2D eigenvalue weighted by atomic mass is 32.2. The van der Waals surface area contributed by atoms with Crippen molar-refractivity contribution in [3.63, 3.8) is 0 Å². The summed E-state index contributed by atoms with van der Waals surface area (Å²) in [5, 5.41) is 19.1. The maximum absolute atomic E-state index is 10.1. The maximum atomic E-state index is 10.1. The first-order valence-corrected chi connectivity index (χ1v) is 8.51. The molecule has 0 fully saturated rings. The Kier molecular flexibility index (Phi) is 6.24. The van der Waals surface area contributed by atoms with Crippen molar-refractivity contribution < 1.29 is 9.84 Å². The van der Waals surface area contributed by atoms with Crippen LogP contribution in [-0.2, 0) is 6.54 Å². The van der Waals surface area contributed by atoms with Crippen LogP contribution in [0.15, 0.2) is 36.0 Å². The molecule has 0 spiro atoms. The molecule has 2 rings (SSSR count). The highest BCUT2D eigenvalue weighted by molar-refractivity contribution is 7.99. The third kappa shape index (κ3) is 5.11. The van der Waals surface area contributed by atoms with Gasteiger partial charge < -0.3 is 14.4 Å². The smallest absolute Gasteiger partial charge is 0.191 e. The predicted molar refractivity (Wildman–Crippen MR) is 93.1 cm³/mol. The Morgan fingerprint density at radius 1 is 1.26 bits per heavy atom. The zero-order chi connectivity index (χ0) is 16.8. The molecule has 0 aliphatic rings. The number of benzene rings is 1. The first-order valence-electron chi connectivity index (χ1n) is 7.52. The van der Waals surface area contributed by atoms with Crippen molar-refractivity contribution in [1.29, 1.82) is 0 Å². The number of aromatic nitrogens is 3. The molecule has 1 aromatic carbocycles. The second-order valence-corrected chi connectivity index (χ2v) is 6.52. The normalized spacial score (nSPS) is 12.2. The summed E-state index contributed by atoms with van der Waals surface area (Å²) >= 11 is 1.47. The van der Waals surface area contributed by atoms with E-state index in [0.29, 0.717) is 12.3 Å². The number of aryl methyl sites for hydroxylation is 3. The SMILES string of the molecule is C=CCn1c(C)nnc1SCC(O)COc1cc(C)cc(C)c1. The fourth-order valence-corrected chi connectivity index (χ4v) is 3.13. The molecule has 0 aliphatic carbocycles. The number of hydrogen-bond acceptors (Lipinski definition) is 5. The molecule has 1 N–H and O–H groups in total. The lowest BCUT2D eigenvalue weighted by atomic mass is 10.1. The van der Waals surface area contributed by atoms with Crippen molar-refractivity contribution >= 4 is 11.8 Å². The number of aliphatic hydroxyl groups excluding tert-OH is 1. The van der Waals surface area contributed by atoms with E-state index in [0.717, 1.165) is 27.9 Å². The van der Waals surface area contributed by atoms with Crippen molar-refractivity contribution in [3.05, 3.63) is 47.8 Å². The summed E-state index contributed by atoms with van der Waals surface area (Å²) in [6.45, 7) is 10.6. The van der Waals surface area contributed by atoms with Crippen molar-refractivity contribution in [2.75, 3.05) is 12.4 Å². The van der Waals surface area contributed by atoms with Crippen LogP contribution in [0, 0.1) is 20.8 Å². The van der Waals surface area contributed by atoms with Crippen LogP contribution in [0.1, 0.15) is 17.0 Å². The number of hydrogen-bond donors (Lipinski definition) is 1. The average molecular weight is 333 g/mol. The number of allylic oxidation sites excluding steroid dienone is 1. The Bertz CT molecular complexity index is 650. The molecule has 0 amide bonds. The minimum Gasteiger partial charge on any atom is -0.491 e. The molecule has 1 aromatic heterocycles. The van der Waals surface area contributed by atoms with Crippen molar-refractivity contribution in [2.45, 2.75) is 38.6 Å². The van der Waals surface area contributed by atoms with Crippen molar-refractivity contribution in [1.82, 2.24) is 14.8 Å². The van der Waals surface area contributed by atoms with E-state index in [-0.39, 0.29) is 6.61 Å². The minimum atomic E-state index is -0.574. The predicted octanol–water partition coefficient (Wildman–Crippen LogP) is 2.92. The molecule has 1 unspecified atom stereocenters. The average Bonchev–Trinajstić information content (AvgIpc) is 2.83. The van der Waals surface area contributed by atoms with Gasteiger partial charge in [-0.3, -0.25) is 0 Å². The lowest BCUT2D eigenvalue weighted by Gasteiger charge is -2.13. The summed E-state index contributed by atoms with van der Waals surface area (Å²) < 4.78 is 7.65. The van der Waals surface area contributed by atoms with Crippen LogP contribution in [-0.4, -0.2) is 38.3 Å². The van der Waals surface area contributed by atoms with Crippen LogP contribution in [0.2, 0.25) is 0 Å². The highest BCUT2D eigenvalue weighted by Gasteiger charge is 2.12. The third-order valence-electron chi connectivity index (χ3n) is 3.26. The van der Waals surface area contributed by atoms with Gasteiger partial charge in [0.2, 0.25) is 0 Å². The van der Waals surface area contributed by atoms with Gasteiger partial charge in [-0.1, -0.05) is 23.9 Å². The van der Waals surface area contributed by atoms with Crippen LogP contribution in [0.4, 0.5) is 0 Å². The van der Waals surface area contributed by atoms with E-state index in [1.165, 1.54) is 11.8 Å². The molecule has 0 bridgehead atoms. The Hall–Kier alpha value is -1.79. The van der Waals surface area contributed by atoms with Gasteiger partial charge in [0.1, 0.15) is 18.2 Å². The van der Waals surface area contributed by atoms with E-state index in [2.05, 4.69) is 22.8 Å². The van der Waals surface area contributed by atoms with E-state index in [1.54, 1.807) is 6.08 Å². The lowest BCUT2D eigenvalue weighted by Crippen LogP contribution is -2.20. The van der Waals surface area contributed by atoms with Gasteiger partial charge in [-0.2, -0.15) is 0 Å². The second kappa shape index (κ2) is 8.17. The highest BCUT2D eigenvalue weighted by Crippen LogP contribution is 2.19. The molecule has 1 atom stereocenters. The van der Waals surface area contributed by atoms with Gasteiger partial charge in [0.25, 0.3) is 0 Å². The summed E-state index contributed by atoms with van der Waals surface area (Å²) in [5.74, 6) is 2.13. The van der Waals surface area contributed by atoms with Gasteiger partial charge in [-0.15, -0.1) is 16.8 Å². The van der Waals surface area contributed by atoms with Gasteiger partial charge in [0.15, 0.2) is 5.16 Å². The number of nitrogens with zero attached hydrogens (tertiary/aromatic N) is 3. The molecule has 5 nitrogen and oxygen atoms in total. The molecule has 23 heavy (non-hydrogen) atoms. The van der Waals surface area contributed by atoms with E-state index in [4.69, 9.17) is 4.74 Å². The first-order chi connectivity index (χ1) is 11.0. The van der Waals surface area contributed by atoms with Gasteiger partial charge in [0.05, 0.1) is 6.10 Å². The third-order valence-corrected chi connectivity index (χ3v) is 4.37. The number of rotatable bonds is 8. The molecule has 6 heteroatoms. The first kappa shape index (κ1) is 17.6. The van der Waals surface area contributed by atoms with Crippen LogP contribution in [0.25, 0.3) is 0 Å². The molecule has 0 radical (unpaired) electrons. The second-order valence-electron chi connectivity index (χ2n) is 5.53. The molecule has 124 valence electrons. The number of thioether (sulfide) groups is 1. The fraction of sp³-hybridized carbons (Fsp3) is 0.412. The van der Waals surface area contributed by atoms with Gasteiger partial charge in [-0.25, -0.2) is 0 Å². The molecule has 2 aromatic rings. The zero-order valence-electron chi connectivity index (χ0n) is 13.8. The lowest BCUT2D eigenvalue weighted by molar-refractivity contribution is 0.126. The quantitative estimate of drug-likeness (QED) is 0.594. The molecule has 0 saturated heterocycles. The Balaban J connectivity index is 1.85. The summed E-state index contributed by atoms with van der Waals surface area (Å²) in [7, 11) is 0. The van der Waals surface area contributed by atoms with Gasteiger partial charge >= 0.3 is 0 Å². The van der Waals surface area contributed by atoms with Crippen LogP contribution in [0.5, 0.6) is 5.75 Å². The summed E-state index contributed by atoms with van der Waals surface area (Å²) in [6.07, 6.45) is 1.23. The zero-order valence-corrected chi connectivity index (χ0v) is 14.6. The Morgan fingerprint density at radius 2 is 1.96 bits per heavy atom. The van der Waals surface area contributed by atoms with Crippen LogP contribution in [0.3, 0.4) is 0 Å². The van der Waals surface area contributed by atoms with Crippen molar-refractivity contribution in [3.8, 4) is 5.75 Å². The molecular formula is C17H23N3O2S. The minimum absolute atomic E-state index is 0.254. The topological polar surface area (TPSA) is 60.2 Å². The summed E-state index contributed by atoms with van der Waals surface area (Å²) in [6, 6.07) is 6.03. The van der Waals surface area contributed by atoms with E-state index < -0.39 is 6.10 Å². The Labute approximate surface area is 141 Å². The fourth-order valence-electron chi connectivity index (χ4n) is 2.24.